The van der Waals surface area contributed by atoms with E-state index in [2.05, 4.69) is 40.5 Å². The summed E-state index contributed by atoms with van der Waals surface area (Å²) < 4.78 is 0. The van der Waals surface area contributed by atoms with Gasteiger partial charge in [0.25, 0.3) is 5.91 Å². The summed E-state index contributed by atoms with van der Waals surface area (Å²) in [4.78, 5) is 35.8. The maximum Gasteiger partial charge on any atom is 0.258 e. The topological polar surface area (TPSA) is 65.5 Å². The van der Waals surface area contributed by atoms with Crippen molar-refractivity contribution in [3.05, 3.63) is 99.4 Å². The Labute approximate surface area is 226 Å². The Bertz CT molecular complexity index is 1530. The molecule has 38 heavy (non-hydrogen) atoms. The maximum absolute atomic E-state index is 13.1. The Kier molecular flexibility index (Phi) is 6.55. The second kappa shape index (κ2) is 10.2. The van der Waals surface area contributed by atoms with Crippen LogP contribution < -0.4 is 10.2 Å². The van der Waals surface area contributed by atoms with Gasteiger partial charge in [-0.05, 0) is 67.6 Å². The molecule has 0 unspecified atom stereocenters. The molecule has 0 spiro atoms. The zero-order chi connectivity index (χ0) is 26.2. The van der Waals surface area contributed by atoms with Crippen LogP contribution in [0.4, 0.5) is 10.8 Å². The maximum atomic E-state index is 13.1. The number of thiazole rings is 1. The van der Waals surface area contributed by atoms with Crippen LogP contribution in [0.5, 0.6) is 0 Å². The molecular weight excluding hydrogens is 492 g/mol. The standard InChI is InChI=1S/C31H30N4O2S/c1-20-7-9-23(10-8-20)30(37)35-16-14-24-17-25(11-12-27(24)35)29-21(2)38-31(33-29)32-28(36)19-34-15-13-22-5-3-4-6-26(22)18-34/h3-12,17H,13-16,18-19H2,1-2H3,(H,32,33,36). The van der Waals surface area contributed by atoms with Gasteiger partial charge in [-0.15, -0.1) is 11.3 Å². The van der Waals surface area contributed by atoms with Crippen molar-refractivity contribution in [1.29, 1.82) is 0 Å². The Morgan fingerprint density at radius 2 is 1.68 bits per heavy atom. The summed E-state index contributed by atoms with van der Waals surface area (Å²) in [5.41, 5.74) is 8.52. The van der Waals surface area contributed by atoms with E-state index in [1.54, 1.807) is 0 Å². The minimum Gasteiger partial charge on any atom is -0.308 e. The van der Waals surface area contributed by atoms with Gasteiger partial charge in [0.05, 0.1) is 12.2 Å². The fraction of sp³-hybridized carbons (Fsp3) is 0.258. The summed E-state index contributed by atoms with van der Waals surface area (Å²) >= 11 is 1.50. The van der Waals surface area contributed by atoms with Crippen molar-refractivity contribution in [2.45, 2.75) is 33.2 Å². The first-order chi connectivity index (χ1) is 18.4. The molecule has 4 aromatic rings. The third kappa shape index (κ3) is 4.87. The lowest BCUT2D eigenvalue weighted by Gasteiger charge is -2.27. The lowest BCUT2D eigenvalue weighted by atomic mass is 10.00. The molecule has 2 amide bonds. The van der Waals surface area contributed by atoms with E-state index in [4.69, 9.17) is 4.98 Å². The molecule has 0 aliphatic carbocycles. The summed E-state index contributed by atoms with van der Waals surface area (Å²) in [5, 5.41) is 3.64. The number of rotatable bonds is 5. The van der Waals surface area contributed by atoms with Gasteiger partial charge in [-0.2, -0.15) is 0 Å². The van der Waals surface area contributed by atoms with E-state index in [0.29, 0.717) is 23.8 Å². The van der Waals surface area contributed by atoms with Crippen molar-refractivity contribution < 1.29 is 9.59 Å². The van der Waals surface area contributed by atoms with E-state index < -0.39 is 0 Å². The smallest absolute Gasteiger partial charge is 0.258 e. The van der Waals surface area contributed by atoms with Gasteiger partial charge in [0, 0.05) is 41.3 Å². The second-order valence-corrected chi connectivity index (χ2v) is 11.3. The molecule has 1 aromatic heterocycles. The Hall–Kier alpha value is -3.81. The number of nitrogens with zero attached hydrogens (tertiary/aromatic N) is 3. The summed E-state index contributed by atoms with van der Waals surface area (Å²) in [7, 11) is 0. The number of carbonyl (C=O) groups is 2. The molecule has 6 nitrogen and oxygen atoms in total. The van der Waals surface area contributed by atoms with Crippen molar-refractivity contribution in [3.8, 4) is 11.3 Å². The van der Waals surface area contributed by atoms with E-state index in [1.807, 2.05) is 55.1 Å². The fourth-order valence-corrected chi connectivity index (χ4v) is 6.23. The molecule has 3 aromatic carbocycles. The number of benzene rings is 3. The van der Waals surface area contributed by atoms with E-state index in [1.165, 1.54) is 22.5 Å². The largest absolute Gasteiger partial charge is 0.308 e. The third-order valence-electron chi connectivity index (χ3n) is 7.41. The number of fused-ring (bicyclic) bond motifs is 2. The van der Waals surface area contributed by atoms with Crippen LogP contribution in [0.15, 0.2) is 66.7 Å². The van der Waals surface area contributed by atoms with Crippen LogP contribution in [-0.2, 0) is 24.2 Å². The highest BCUT2D eigenvalue weighted by atomic mass is 32.1. The minimum atomic E-state index is -0.0381. The van der Waals surface area contributed by atoms with Gasteiger partial charge >= 0.3 is 0 Å². The Morgan fingerprint density at radius 1 is 0.921 bits per heavy atom. The van der Waals surface area contributed by atoms with Gasteiger partial charge in [-0.1, -0.05) is 48.0 Å². The van der Waals surface area contributed by atoms with Gasteiger partial charge in [0.15, 0.2) is 5.13 Å². The van der Waals surface area contributed by atoms with Crippen LogP contribution in [0.25, 0.3) is 11.3 Å². The molecule has 1 N–H and O–H groups in total. The first-order valence-corrected chi connectivity index (χ1v) is 13.8. The lowest BCUT2D eigenvalue weighted by molar-refractivity contribution is -0.117. The highest BCUT2D eigenvalue weighted by Gasteiger charge is 2.26. The number of anilines is 2. The average Bonchev–Trinajstić information content (AvgIpc) is 3.51. The molecular formula is C31H30N4O2S. The highest BCUT2D eigenvalue weighted by Crippen LogP contribution is 2.36. The first kappa shape index (κ1) is 24.5. The monoisotopic (exact) mass is 522 g/mol. The zero-order valence-corrected chi connectivity index (χ0v) is 22.5. The Morgan fingerprint density at radius 3 is 2.50 bits per heavy atom. The number of aryl methyl sites for hydroxylation is 2. The van der Waals surface area contributed by atoms with Crippen molar-refractivity contribution >= 4 is 34.0 Å². The van der Waals surface area contributed by atoms with Crippen molar-refractivity contribution in [3.63, 3.8) is 0 Å². The first-order valence-electron chi connectivity index (χ1n) is 13.0. The molecule has 0 atom stereocenters. The number of carbonyl (C=O) groups excluding carboxylic acids is 2. The molecule has 192 valence electrons. The van der Waals surface area contributed by atoms with E-state index in [-0.39, 0.29) is 11.8 Å². The van der Waals surface area contributed by atoms with Crippen LogP contribution in [0.3, 0.4) is 0 Å². The molecule has 6 rings (SSSR count). The van der Waals surface area contributed by atoms with Crippen LogP contribution in [0.2, 0.25) is 0 Å². The number of hydrogen-bond acceptors (Lipinski definition) is 5. The van der Waals surface area contributed by atoms with E-state index in [9.17, 15) is 9.59 Å². The predicted octanol–water partition coefficient (Wildman–Crippen LogP) is 5.63. The van der Waals surface area contributed by atoms with Crippen LogP contribution in [0, 0.1) is 13.8 Å². The predicted molar refractivity (Wildman–Crippen MR) is 153 cm³/mol. The minimum absolute atomic E-state index is 0.0310. The fourth-order valence-electron chi connectivity index (χ4n) is 5.38. The second-order valence-electron chi connectivity index (χ2n) is 10.1. The van der Waals surface area contributed by atoms with E-state index in [0.717, 1.165) is 58.9 Å². The summed E-state index contributed by atoms with van der Waals surface area (Å²) in [6, 6.07) is 22.4. The van der Waals surface area contributed by atoms with Gasteiger partial charge < -0.3 is 10.2 Å². The van der Waals surface area contributed by atoms with E-state index >= 15 is 0 Å². The molecule has 7 heteroatoms. The molecule has 0 bridgehead atoms. The van der Waals surface area contributed by atoms with Crippen molar-refractivity contribution in [1.82, 2.24) is 9.88 Å². The SMILES string of the molecule is Cc1ccc(C(=O)N2CCc3cc(-c4nc(NC(=O)CN5CCc6ccccc6C5)sc4C)ccc32)cc1. The lowest BCUT2D eigenvalue weighted by Crippen LogP contribution is -2.37. The normalized spacial score (nSPS) is 14.7. The number of nitrogens with one attached hydrogen (secondary N) is 1. The highest BCUT2D eigenvalue weighted by molar-refractivity contribution is 7.16. The van der Waals surface area contributed by atoms with Gasteiger partial charge in [0.1, 0.15) is 0 Å². The van der Waals surface area contributed by atoms with Crippen LogP contribution in [-0.4, -0.2) is 41.3 Å². The van der Waals surface area contributed by atoms with Gasteiger partial charge in [-0.25, -0.2) is 4.98 Å². The number of amides is 2. The molecule has 3 heterocycles. The molecule has 0 radical (unpaired) electrons. The molecule has 0 saturated heterocycles. The van der Waals surface area contributed by atoms with Crippen molar-refractivity contribution in [2.75, 3.05) is 29.9 Å². The van der Waals surface area contributed by atoms with Crippen LogP contribution in [0.1, 0.15) is 37.5 Å². The molecule has 0 fully saturated rings. The van der Waals surface area contributed by atoms with Crippen LogP contribution >= 0.6 is 11.3 Å². The number of hydrogen-bond donors (Lipinski definition) is 1. The van der Waals surface area contributed by atoms with Gasteiger partial charge in [0.2, 0.25) is 5.91 Å². The zero-order valence-electron chi connectivity index (χ0n) is 21.7. The number of aromatic nitrogens is 1. The Balaban J connectivity index is 1.13. The summed E-state index contributed by atoms with van der Waals surface area (Å²) in [6.45, 7) is 6.75. The van der Waals surface area contributed by atoms with Gasteiger partial charge in [-0.3, -0.25) is 14.5 Å². The third-order valence-corrected chi connectivity index (χ3v) is 8.30. The quantitative estimate of drug-likeness (QED) is 0.369. The van der Waals surface area contributed by atoms with Crippen molar-refractivity contribution in [2.24, 2.45) is 0 Å². The summed E-state index contributed by atoms with van der Waals surface area (Å²) in [5.74, 6) is -0.00701. The molecule has 2 aliphatic rings. The summed E-state index contributed by atoms with van der Waals surface area (Å²) in [6.07, 6.45) is 1.78. The molecule has 2 aliphatic heterocycles. The average molecular weight is 523 g/mol. The molecule has 0 saturated carbocycles.